The number of H-pyrrole nitrogens is 1. The number of nitrogens with zero attached hydrogens (tertiary/aromatic N) is 4. The number of anilines is 1. The third-order valence-corrected chi connectivity index (χ3v) is 5.16. The molecule has 2 N–H and O–H groups in total. The molecular formula is C17H24N6O. The minimum Gasteiger partial charge on any atom is -0.352 e. The van der Waals surface area contributed by atoms with E-state index in [2.05, 4.69) is 37.0 Å². The van der Waals surface area contributed by atoms with E-state index >= 15 is 0 Å². The van der Waals surface area contributed by atoms with E-state index in [-0.39, 0.29) is 11.6 Å². The number of nitrogens with one attached hydrogen (secondary N) is 2. The number of aromatic nitrogens is 3. The second-order valence-electron chi connectivity index (χ2n) is 6.82. The van der Waals surface area contributed by atoms with Gasteiger partial charge in [0.2, 0.25) is 0 Å². The van der Waals surface area contributed by atoms with Gasteiger partial charge in [-0.3, -0.25) is 0 Å². The molecule has 1 saturated heterocycles. The molecule has 4 rings (SSSR count). The summed E-state index contributed by atoms with van der Waals surface area (Å²) in [5, 5.41) is 4.12. The van der Waals surface area contributed by atoms with Crippen molar-refractivity contribution in [2.24, 2.45) is 0 Å². The third-order valence-electron chi connectivity index (χ3n) is 5.16. The van der Waals surface area contributed by atoms with Crippen LogP contribution >= 0.6 is 0 Å². The maximum absolute atomic E-state index is 12.5. The van der Waals surface area contributed by atoms with E-state index < -0.39 is 0 Å². The number of rotatable bonds is 4. The van der Waals surface area contributed by atoms with E-state index in [1.165, 1.54) is 0 Å². The average Bonchev–Trinajstić information content (AvgIpc) is 3.18. The zero-order valence-corrected chi connectivity index (χ0v) is 14.1. The molecule has 24 heavy (non-hydrogen) atoms. The summed E-state index contributed by atoms with van der Waals surface area (Å²) in [4.78, 5) is 28.8. The van der Waals surface area contributed by atoms with Crippen LogP contribution in [0.2, 0.25) is 0 Å². The van der Waals surface area contributed by atoms with Crippen LogP contribution < -0.4 is 10.2 Å². The summed E-state index contributed by atoms with van der Waals surface area (Å²) in [5.74, 6) is 0.971. The Bertz CT molecular complexity index is 738. The zero-order chi connectivity index (χ0) is 16.6. The van der Waals surface area contributed by atoms with Crippen LogP contribution in [0.5, 0.6) is 0 Å². The number of fused-ring (bicyclic) bond motifs is 1. The molecule has 0 bridgehead atoms. The van der Waals surface area contributed by atoms with Crippen LogP contribution in [0.4, 0.5) is 10.6 Å². The highest BCUT2D eigenvalue weighted by molar-refractivity contribution is 5.87. The predicted octanol–water partition coefficient (Wildman–Crippen LogP) is 2.12. The van der Waals surface area contributed by atoms with Crippen LogP contribution in [0, 0.1) is 0 Å². The van der Waals surface area contributed by atoms with Gasteiger partial charge in [0, 0.05) is 32.4 Å². The summed E-state index contributed by atoms with van der Waals surface area (Å²) in [5.41, 5.74) is 0.854. The Hall–Kier alpha value is -2.31. The van der Waals surface area contributed by atoms with Gasteiger partial charge in [-0.2, -0.15) is 0 Å². The monoisotopic (exact) mass is 328 g/mol. The first-order valence-corrected chi connectivity index (χ1v) is 8.82. The van der Waals surface area contributed by atoms with Crippen molar-refractivity contribution >= 4 is 22.9 Å². The Morgan fingerprint density at radius 1 is 1.38 bits per heavy atom. The molecule has 2 amide bonds. The Labute approximate surface area is 141 Å². The van der Waals surface area contributed by atoms with Crippen molar-refractivity contribution in [2.45, 2.75) is 38.1 Å². The number of hydrogen-bond acceptors (Lipinski definition) is 4. The van der Waals surface area contributed by atoms with Crippen LogP contribution in [0.25, 0.3) is 11.0 Å². The summed E-state index contributed by atoms with van der Waals surface area (Å²) in [7, 11) is 0. The Kier molecular flexibility index (Phi) is 3.78. The van der Waals surface area contributed by atoms with E-state index in [9.17, 15) is 4.79 Å². The lowest BCUT2D eigenvalue weighted by molar-refractivity contribution is 0.156. The van der Waals surface area contributed by atoms with Crippen LogP contribution in [0.3, 0.4) is 0 Å². The van der Waals surface area contributed by atoms with Crippen LogP contribution in [-0.2, 0) is 0 Å². The number of carbonyl (C=O) groups excluding carboxylic acids is 1. The first kappa shape index (κ1) is 15.2. The van der Waals surface area contributed by atoms with Gasteiger partial charge in [-0.25, -0.2) is 14.8 Å². The lowest BCUT2D eigenvalue weighted by Crippen LogP contribution is -2.59. The third kappa shape index (κ3) is 2.57. The standard InChI is InChI=1S/C17H24N6O/c1-2-3-7-19-16(24)23-10-9-22(11-17(23)5-6-17)15-13-4-8-18-14(13)20-12-21-15/h4,8,12H,2-3,5-7,9-11H2,1H3,(H,19,24)(H,18,20,21). The zero-order valence-electron chi connectivity index (χ0n) is 14.1. The molecule has 0 radical (unpaired) electrons. The minimum atomic E-state index is -0.0118. The Balaban J connectivity index is 1.50. The maximum atomic E-state index is 12.5. The molecular weight excluding hydrogens is 304 g/mol. The van der Waals surface area contributed by atoms with Crippen molar-refractivity contribution in [2.75, 3.05) is 31.1 Å². The summed E-state index contributed by atoms with van der Waals surface area (Å²) < 4.78 is 0. The largest absolute Gasteiger partial charge is 0.352 e. The van der Waals surface area contributed by atoms with Gasteiger partial charge in [0.05, 0.1) is 10.9 Å². The molecule has 1 aliphatic heterocycles. The van der Waals surface area contributed by atoms with Crippen molar-refractivity contribution in [1.82, 2.24) is 25.2 Å². The van der Waals surface area contributed by atoms with Crippen LogP contribution in [0.1, 0.15) is 32.6 Å². The molecule has 128 valence electrons. The molecule has 0 aromatic carbocycles. The summed E-state index contributed by atoms with van der Waals surface area (Å²) in [6, 6.07) is 2.11. The topological polar surface area (TPSA) is 77.2 Å². The highest BCUT2D eigenvalue weighted by atomic mass is 16.2. The molecule has 7 heteroatoms. The van der Waals surface area contributed by atoms with Crippen LogP contribution in [0.15, 0.2) is 18.6 Å². The average molecular weight is 328 g/mol. The fourth-order valence-electron chi connectivity index (χ4n) is 3.63. The van der Waals surface area contributed by atoms with E-state index in [1.807, 2.05) is 12.3 Å². The summed E-state index contributed by atoms with van der Waals surface area (Å²) in [6.45, 7) is 5.30. The lowest BCUT2D eigenvalue weighted by atomic mass is 10.1. The molecule has 1 spiro atoms. The molecule has 1 saturated carbocycles. The predicted molar refractivity (Wildman–Crippen MR) is 93.1 cm³/mol. The van der Waals surface area contributed by atoms with Gasteiger partial charge in [0.15, 0.2) is 0 Å². The summed E-state index contributed by atoms with van der Waals surface area (Å²) >= 11 is 0. The first-order chi connectivity index (χ1) is 11.7. The van der Waals surface area contributed by atoms with Gasteiger partial charge in [-0.1, -0.05) is 13.3 Å². The number of hydrogen-bond donors (Lipinski definition) is 2. The van der Waals surface area contributed by atoms with Gasteiger partial charge >= 0.3 is 6.03 Å². The van der Waals surface area contributed by atoms with Crippen molar-refractivity contribution in [3.05, 3.63) is 18.6 Å². The quantitative estimate of drug-likeness (QED) is 0.843. The summed E-state index contributed by atoms with van der Waals surface area (Å²) in [6.07, 6.45) is 7.79. The highest BCUT2D eigenvalue weighted by Gasteiger charge is 2.53. The fourth-order valence-corrected chi connectivity index (χ4v) is 3.63. The number of carbonyl (C=O) groups is 1. The normalized spacial score (nSPS) is 19.0. The minimum absolute atomic E-state index is 0.0118. The molecule has 3 heterocycles. The number of unbranched alkanes of at least 4 members (excludes halogenated alkanes) is 1. The van der Waals surface area contributed by atoms with Gasteiger partial charge in [0.25, 0.3) is 0 Å². The van der Waals surface area contributed by atoms with Crippen molar-refractivity contribution in [1.29, 1.82) is 0 Å². The highest BCUT2D eigenvalue weighted by Crippen LogP contribution is 2.45. The van der Waals surface area contributed by atoms with Crippen molar-refractivity contribution < 1.29 is 4.79 Å². The molecule has 0 atom stereocenters. The molecule has 1 aliphatic carbocycles. The Morgan fingerprint density at radius 3 is 3.04 bits per heavy atom. The van der Waals surface area contributed by atoms with E-state index in [1.54, 1.807) is 6.33 Å². The second-order valence-corrected chi connectivity index (χ2v) is 6.82. The van der Waals surface area contributed by atoms with Crippen LogP contribution in [-0.4, -0.2) is 57.6 Å². The smallest absolute Gasteiger partial charge is 0.317 e. The van der Waals surface area contributed by atoms with E-state index in [0.29, 0.717) is 0 Å². The molecule has 2 aromatic heterocycles. The fraction of sp³-hybridized carbons (Fsp3) is 0.588. The molecule has 2 aromatic rings. The second kappa shape index (κ2) is 5.96. The molecule has 2 aliphatic rings. The number of amides is 2. The van der Waals surface area contributed by atoms with Crippen molar-refractivity contribution in [3.8, 4) is 0 Å². The van der Waals surface area contributed by atoms with Gasteiger partial charge in [0.1, 0.15) is 17.8 Å². The van der Waals surface area contributed by atoms with E-state index in [4.69, 9.17) is 0 Å². The van der Waals surface area contributed by atoms with Gasteiger partial charge in [-0.15, -0.1) is 0 Å². The maximum Gasteiger partial charge on any atom is 0.317 e. The molecule has 0 unspecified atom stereocenters. The Morgan fingerprint density at radius 2 is 2.25 bits per heavy atom. The molecule has 7 nitrogen and oxygen atoms in total. The number of urea groups is 1. The van der Waals surface area contributed by atoms with Crippen molar-refractivity contribution in [3.63, 3.8) is 0 Å². The SMILES string of the molecule is CCCCNC(=O)N1CCN(c2ncnc3[nH]ccc23)CC12CC2. The number of piperazine rings is 1. The number of aromatic amines is 1. The van der Waals surface area contributed by atoms with Gasteiger partial charge in [-0.05, 0) is 25.3 Å². The van der Waals surface area contributed by atoms with E-state index in [0.717, 1.165) is 68.7 Å². The lowest BCUT2D eigenvalue weighted by Gasteiger charge is -2.42. The first-order valence-electron chi connectivity index (χ1n) is 8.82. The van der Waals surface area contributed by atoms with Gasteiger partial charge < -0.3 is 20.1 Å². The molecule has 2 fully saturated rings.